The zero-order valence-corrected chi connectivity index (χ0v) is 10.3. The van der Waals surface area contributed by atoms with Crippen LogP contribution in [0, 0.1) is 0 Å². The molecular weight excluding hydrogens is 216 g/mol. The van der Waals surface area contributed by atoms with Crippen LogP contribution in [0.2, 0.25) is 0 Å². The van der Waals surface area contributed by atoms with Gasteiger partial charge in [0.1, 0.15) is 0 Å². The quantitative estimate of drug-likeness (QED) is 0.735. The summed E-state index contributed by atoms with van der Waals surface area (Å²) in [5.74, 6) is 0. The fourth-order valence-electron chi connectivity index (χ4n) is 1.58. The minimum absolute atomic E-state index is 0.0408. The predicted octanol–water partition coefficient (Wildman–Crippen LogP) is -0.227. The summed E-state index contributed by atoms with van der Waals surface area (Å²) in [6, 6.07) is -0.0970. The van der Waals surface area contributed by atoms with Crippen molar-refractivity contribution in [2.75, 3.05) is 19.7 Å². The van der Waals surface area contributed by atoms with E-state index in [4.69, 9.17) is 10.5 Å². The van der Waals surface area contributed by atoms with E-state index in [0.29, 0.717) is 13.2 Å². The molecule has 0 aromatic heterocycles. The van der Waals surface area contributed by atoms with E-state index in [-0.39, 0.29) is 18.7 Å². The van der Waals surface area contributed by atoms with Gasteiger partial charge in [-0.05, 0) is 20.8 Å². The molecule has 3 atom stereocenters. The lowest BCUT2D eigenvalue weighted by atomic mass is 10.2. The molecule has 5 nitrogen and oxygen atoms in total. The third-order valence-corrected chi connectivity index (χ3v) is 5.09. The van der Waals surface area contributed by atoms with Crippen LogP contribution in [0.3, 0.4) is 0 Å². The van der Waals surface area contributed by atoms with Crippen molar-refractivity contribution < 1.29 is 13.2 Å². The van der Waals surface area contributed by atoms with Gasteiger partial charge < -0.3 is 10.5 Å². The maximum atomic E-state index is 12.1. The minimum atomic E-state index is -3.27. The topological polar surface area (TPSA) is 72.6 Å². The molecule has 0 radical (unpaired) electrons. The first-order valence-electron chi connectivity index (χ1n) is 5.22. The molecule has 0 saturated carbocycles. The Kier molecular flexibility index (Phi) is 4.11. The summed E-state index contributed by atoms with van der Waals surface area (Å²) in [7, 11) is -3.27. The summed E-state index contributed by atoms with van der Waals surface area (Å²) in [4.78, 5) is 0. The smallest absolute Gasteiger partial charge is 0.218 e. The summed E-state index contributed by atoms with van der Waals surface area (Å²) in [5, 5.41) is -0.523. The van der Waals surface area contributed by atoms with Gasteiger partial charge in [-0.15, -0.1) is 0 Å². The number of sulfonamides is 1. The molecule has 0 bridgehead atoms. The monoisotopic (exact) mass is 236 g/mol. The van der Waals surface area contributed by atoms with E-state index in [1.807, 2.05) is 13.8 Å². The van der Waals surface area contributed by atoms with Gasteiger partial charge in [-0.3, -0.25) is 0 Å². The van der Waals surface area contributed by atoms with Crippen molar-refractivity contribution in [2.45, 2.75) is 38.2 Å². The molecule has 90 valence electrons. The minimum Gasteiger partial charge on any atom is -0.375 e. The second kappa shape index (κ2) is 4.78. The van der Waals surface area contributed by atoms with E-state index in [9.17, 15) is 8.42 Å². The molecule has 0 aromatic carbocycles. The van der Waals surface area contributed by atoms with Crippen LogP contribution in [0.25, 0.3) is 0 Å². The maximum absolute atomic E-state index is 12.1. The highest BCUT2D eigenvalue weighted by Crippen LogP contribution is 2.18. The summed E-state index contributed by atoms with van der Waals surface area (Å²) >= 11 is 0. The van der Waals surface area contributed by atoms with Crippen LogP contribution in [0.15, 0.2) is 0 Å². The third kappa shape index (κ3) is 2.69. The fraction of sp³-hybridized carbons (Fsp3) is 1.00. The molecule has 1 heterocycles. The van der Waals surface area contributed by atoms with Gasteiger partial charge in [-0.25, -0.2) is 8.42 Å². The number of hydrogen-bond donors (Lipinski definition) is 1. The molecule has 0 aliphatic carbocycles. The van der Waals surface area contributed by atoms with Gasteiger partial charge in [0, 0.05) is 19.1 Å². The number of ether oxygens (including phenoxy) is 1. The maximum Gasteiger partial charge on any atom is 0.218 e. The molecule has 0 spiro atoms. The lowest BCUT2D eigenvalue weighted by Crippen LogP contribution is -2.53. The van der Waals surface area contributed by atoms with Gasteiger partial charge in [-0.2, -0.15) is 4.31 Å². The standard InChI is InChI=1S/C9H20N2O3S/c1-7-6-14-8(2)5-11(7)15(12,13)9(3)4-10/h7-9H,4-6,10H2,1-3H3. The summed E-state index contributed by atoms with van der Waals surface area (Å²) in [6.45, 7) is 6.41. The van der Waals surface area contributed by atoms with Crippen molar-refractivity contribution in [3.63, 3.8) is 0 Å². The molecule has 1 fully saturated rings. The van der Waals surface area contributed by atoms with Crippen LogP contribution in [0.5, 0.6) is 0 Å². The third-order valence-electron chi connectivity index (χ3n) is 2.72. The largest absolute Gasteiger partial charge is 0.375 e. The van der Waals surface area contributed by atoms with Crippen molar-refractivity contribution >= 4 is 10.0 Å². The van der Waals surface area contributed by atoms with E-state index >= 15 is 0 Å². The Morgan fingerprint density at radius 1 is 1.53 bits per heavy atom. The van der Waals surface area contributed by atoms with Crippen molar-refractivity contribution in [1.29, 1.82) is 0 Å². The van der Waals surface area contributed by atoms with Crippen LogP contribution in [0.4, 0.5) is 0 Å². The highest BCUT2D eigenvalue weighted by molar-refractivity contribution is 7.89. The SMILES string of the molecule is CC1CN(S(=O)(=O)C(C)CN)C(C)CO1. The number of rotatable bonds is 3. The average Bonchev–Trinajstić information content (AvgIpc) is 2.20. The second-order valence-corrected chi connectivity index (χ2v) is 6.46. The molecule has 6 heteroatoms. The number of hydrogen-bond acceptors (Lipinski definition) is 4. The highest BCUT2D eigenvalue weighted by Gasteiger charge is 2.35. The first kappa shape index (κ1) is 12.9. The zero-order chi connectivity index (χ0) is 11.6. The van der Waals surface area contributed by atoms with Crippen molar-refractivity contribution in [2.24, 2.45) is 5.73 Å². The number of nitrogens with two attached hydrogens (primary N) is 1. The van der Waals surface area contributed by atoms with Gasteiger partial charge in [0.25, 0.3) is 0 Å². The van der Waals surface area contributed by atoms with E-state index in [1.54, 1.807) is 6.92 Å². The van der Waals surface area contributed by atoms with Crippen molar-refractivity contribution in [3.05, 3.63) is 0 Å². The van der Waals surface area contributed by atoms with Gasteiger partial charge in [0.2, 0.25) is 10.0 Å². The van der Waals surface area contributed by atoms with Crippen LogP contribution < -0.4 is 5.73 Å². The molecular formula is C9H20N2O3S. The summed E-state index contributed by atoms with van der Waals surface area (Å²) in [5.41, 5.74) is 5.41. The lowest BCUT2D eigenvalue weighted by Gasteiger charge is -2.37. The second-order valence-electron chi connectivity index (χ2n) is 4.15. The zero-order valence-electron chi connectivity index (χ0n) is 9.51. The Morgan fingerprint density at radius 2 is 2.13 bits per heavy atom. The van der Waals surface area contributed by atoms with Crippen molar-refractivity contribution in [1.82, 2.24) is 4.31 Å². The van der Waals surface area contributed by atoms with Gasteiger partial charge >= 0.3 is 0 Å². The molecule has 1 aliphatic heterocycles. The predicted molar refractivity (Wildman–Crippen MR) is 59.0 cm³/mol. The van der Waals surface area contributed by atoms with Gasteiger partial charge in [0.05, 0.1) is 18.0 Å². The molecule has 15 heavy (non-hydrogen) atoms. The van der Waals surface area contributed by atoms with Crippen LogP contribution in [-0.4, -0.2) is 49.8 Å². The van der Waals surface area contributed by atoms with Crippen LogP contribution in [0.1, 0.15) is 20.8 Å². The first-order chi connectivity index (χ1) is 6.89. The van der Waals surface area contributed by atoms with Gasteiger partial charge in [-0.1, -0.05) is 0 Å². The van der Waals surface area contributed by atoms with E-state index in [2.05, 4.69) is 0 Å². The van der Waals surface area contributed by atoms with E-state index in [1.165, 1.54) is 4.31 Å². The van der Waals surface area contributed by atoms with E-state index in [0.717, 1.165) is 0 Å². The molecule has 0 amide bonds. The Labute approximate surface area is 91.6 Å². The molecule has 3 unspecified atom stereocenters. The van der Waals surface area contributed by atoms with Gasteiger partial charge in [0.15, 0.2) is 0 Å². The first-order valence-corrected chi connectivity index (χ1v) is 6.72. The molecule has 1 saturated heterocycles. The molecule has 0 aromatic rings. The number of morpholine rings is 1. The summed E-state index contributed by atoms with van der Waals surface area (Å²) in [6.07, 6.45) is -0.0408. The van der Waals surface area contributed by atoms with Crippen molar-refractivity contribution in [3.8, 4) is 0 Å². The Bertz CT molecular complexity index is 304. The molecule has 1 aliphatic rings. The van der Waals surface area contributed by atoms with Crippen LogP contribution in [-0.2, 0) is 14.8 Å². The summed E-state index contributed by atoms with van der Waals surface area (Å²) < 4.78 is 31.0. The lowest BCUT2D eigenvalue weighted by molar-refractivity contribution is -0.0173. The van der Waals surface area contributed by atoms with Crippen LogP contribution >= 0.6 is 0 Å². The highest BCUT2D eigenvalue weighted by atomic mass is 32.2. The molecule has 1 rings (SSSR count). The average molecular weight is 236 g/mol. The number of nitrogens with zero attached hydrogens (tertiary/aromatic N) is 1. The Hall–Kier alpha value is -0.170. The Balaban J connectivity index is 2.85. The molecule has 2 N–H and O–H groups in total. The normalized spacial score (nSPS) is 31.5. The van der Waals surface area contributed by atoms with E-state index < -0.39 is 15.3 Å². The Morgan fingerprint density at radius 3 is 2.67 bits per heavy atom. The fourth-order valence-corrected chi connectivity index (χ4v) is 3.27.